The topological polar surface area (TPSA) is 109 Å². The van der Waals surface area contributed by atoms with Crippen molar-refractivity contribution >= 4 is 22.8 Å². The molecule has 2 aromatic heterocycles. The number of esters is 1. The molecule has 0 fully saturated rings. The lowest BCUT2D eigenvalue weighted by Gasteiger charge is -2.22. The Bertz CT molecular complexity index is 1960. The standard InChI is InChI=1S/C40H39N3O6/c1-40(2,3)49-33-17-10-27(11-18-33)21-31(26-46-4)42-38(44)37-23-35(39(45)48-25-30-12-15-32(47-5)16-13-30)34-22-28(14-19-36(34)43-37)8-9-29-7-6-20-41-24-29/h6-7,10-20,22-24,31H,21,25-26H2,1-5H3,(H,42,44)/t31-/m0/s1. The minimum absolute atomic E-state index is 0.0319. The summed E-state index contributed by atoms with van der Waals surface area (Å²) in [6, 6.07) is 25.1. The van der Waals surface area contributed by atoms with Gasteiger partial charge in [0.1, 0.15) is 29.4 Å². The maximum Gasteiger partial charge on any atom is 0.339 e. The molecule has 9 nitrogen and oxygen atoms in total. The van der Waals surface area contributed by atoms with Crippen LogP contribution in [0.25, 0.3) is 10.9 Å². The second-order valence-electron chi connectivity index (χ2n) is 12.4. The Morgan fingerprint density at radius 3 is 2.24 bits per heavy atom. The number of nitrogens with one attached hydrogen (secondary N) is 1. The van der Waals surface area contributed by atoms with E-state index in [2.05, 4.69) is 27.1 Å². The van der Waals surface area contributed by atoms with Gasteiger partial charge in [-0.15, -0.1) is 0 Å². The maximum absolute atomic E-state index is 13.7. The Balaban J connectivity index is 1.41. The van der Waals surface area contributed by atoms with Gasteiger partial charge in [-0.25, -0.2) is 9.78 Å². The highest BCUT2D eigenvalue weighted by Gasteiger charge is 2.21. The molecule has 0 aliphatic heterocycles. The maximum atomic E-state index is 13.7. The summed E-state index contributed by atoms with van der Waals surface area (Å²) >= 11 is 0. The number of carbonyl (C=O) groups is 2. The minimum atomic E-state index is -0.597. The monoisotopic (exact) mass is 657 g/mol. The predicted molar refractivity (Wildman–Crippen MR) is 188 cm³/mol. The number of aromatic nitrogens is 2. The summed E-state index contributed by atoms with van der Waals surface area (Å²) < 4.78 is 22.3. The van der Waals surface area contributed by atoms with Gasteiger partial charge in [-0.2, -0.15) is 0 Å². The zero-order valence-electron chi connectivity index (χ0n) is 28.3. The van der Waals surface area contributed by atoms with E-state index in [1.165, 1.54) is 6.07 Å². The summed E-state index contributed by atoms with van der Waals surface area (Å²) in [6.45, 7) is 6.29. The average Bonchev–Trinajstić information content (AvgIpc) is 3.10. The first-order chi connectivity index (χ1) is 23.6. The molecule has 0 aliphatic carbocycles. The van der Waals surface area contributed by atoms with Gasteiger partial charge in [-0.05, 0) is 99.0 Å². The number of fused-ring (bicyclic) bond motifs is 1. The molecule has 1 N–H and O–H groups in total. The van der Waals surface area contributed by atoms with Crippen molar-refractivity contribution in [2.45, 2.75) is 45.4 Å². The van der Waals surface area contributed by atoms with Crippen molar-refractivity contribution < 1.29 is 28.5 Å². The third-order valence-corrected chi connectivity index (χ3v) is 7.34. The Hall–Kier alpha value is -5.72. The van der Waals surface area contributed by atoms with E-state index in [0.717, 1.165) is 22.4 Å². The van der Waals surface area contributed by atoms with E-state index < -0.39 is 11.9 Å². The van der Waals surface area contributed by atoms with Crippen molar-refractivity contribution in [1.29, 1.82) is 0 Å². The SMILES string of the molecule is COC[C@H](Cc1ccc(OC(C)(C)C)cc1)NC(=O)c1cc(C(=O)OCc2ccc(OC)cc2)c2cc(C#Cc3cccnc3)ccc2n1. The quantitative estimate of drug-likeness (QED) is 0.126. The van der Waals surface area contributed by atoms with E-state index in [-0.39, 0.29) is 36.1 Å². The molecule has 49 heavy (non-hydrogen) atoms. The van der Waals surface area contributed by atoms with Crippen LogP contribution in [-0.2, 0) is 22.5 Å². The van der Waals surface area contributed by atoms with Gasteiger partial charge in [0.15, 0.2) is 0 Å². The Morgan fingerprint density at radius 2 is 1.57 bits per heavy atom. The first kappa shape index (κ1) is 34.6. The second-order valence-corrected chi connectivity index (χ2v) is 12.4. The summed E-state index contributed by atoms with van der Waals surface area (Å²) in [5, 5.41) is 3.55. The van der Waals surface area contributed by atoms with E-state index >= 15 is 0 Å². The molecule has 1 amide bonds. The van der Waals surface area contributed by atoms with Crippen molar-refractivity contribution in [3.63, 3.8) is 0 Å². The number of benzene rings is 3. The number of methoxy groups -OCH3 is 2. The molecule has 5 aromatic rings. The zero-order chi connectivity index (χ0) is 34.8. The van der Waals surface area contributed by atoms with Gasteiger partial charge in [-0.1, -0.05) is 36.1 Å². The zero-order valence-corrected chi connectivity index (χ0v) is 28.3. The highest BCUT2D eigenvalue weighted by molar-refractivity contribution is 6.06. The molecule has 0 aliphatic rings. The summed E-state index contributed by atoms with van der Waals surface area (Å²) in [5.41, 5.74) is 3.63. The predicted octanol–water partition coefficient (Wildman–Crippen LogP) is 6.56. The third-order valence-electron chi connectivity index (χ3n) is 7.34. The molecule has 0 bridgehead atoms. The Morgan fingerprint density at radius 1 is 0.857 bits per heavy atom. The van der Waals surface area contributed by atoms with Crippen LogP contribution in [0.1, 0.15) is 63.9 Å². The number of amides is 1. The van der Waals surface area contributed by atoms with Crippen LogP contribution in [0.15, 0.2) is 97.3 Å². The molecular weight excluding hydrogens is 618 g/mol. The summed E-state index contributed by atoms with van der Waals surface area (Å²) in [6.07, 6.45) is 3.87. The van der Waals surface area contributed by atoms with Crippen LogP contribution in [0.2, 0.25) is 0 Å². The lowest BCUT2D eigenvalue weighted by atomic mass is 10.0. The number of rotatable bonds is 11. The molecular formula is C40H39N3O6. The molecule has 0 radical (unpaired) electrons. The summed E-state index contributed by atoms with van der Waals surface area (Å²) in [4.78, 5) is 36.0. The highest BCUT2D eigenvalue weighted by Crippen LogP contribution is 2.23. The number of ether oxygens (including phenoxy) is 4. The van der Waals surface area contributed by atoms with Gasteiger partial charge >= 0.3 is 5.97 Å². The number of hydrogen-bond acceptors (Lipinski definition) is 8. The van der Waals surface area contributed by atoms with Gasteiger partial charge in [-0.3, -0.25) is 9.78 Å². The van der Waals surface area contributed by atoms with Crippen LogP contribution < -0.4 is 14.8 Å². The number of nitrogens with zero attached hydrogens (tertiary/aromatic N) is 2. The number of carbonyl (C=O) groups excluding carboxylic acids is 2. The third kappa shape index (κ3) is 9.89. The fraction of sp³-hybridized carbons (Fsp3) is 0.250. The Kier molecular flexibility index (Phi) is 11.2. The van der Waals surface area contributed by atoms with Gasteiger partial charge in [0, 0.05) is 36.0 Å². The first-order valence-corrected chi connectivity index (χ1v) is 15.8. The fourth-order valence-electron chi connectivity index (χ4n) is 5.06. The first-order valence-electron chi connectivity index (χ1n) is 15.8. The van der Waals surface area contributed by atoms with Crippen molar-refractivity contribution in [1.82, 2.24) is 15.3 Å². The van der Waals surface area contributed by atoms with Gasteiger partial charge < -0.3 is 24.3 Å². The molecule has 1 atom stereocenters. The molecule has 9 heteroatoms. The molecule has 0 saturated heterocycles. The molecule has 0 saturated carbocycles. The van der Waals surface area contributed by atoms with Crippen LogP contribution in [-0.4, -0.2) is 54.3 Å². The molecule has 0 spiro atoms. The average molecular weight is 658 g/mol. The second kappa shape index (κ2) is 15.9. The molecule has 5 rings (SSSR count). The van der Waals surface area contributed by atoms with Crippen molar-refractivity contribution in [3.05, 3.63) is 131 Å². The highest BCUT2D eigenvalue weighted by atomic mass is 16.5. The molecule has 0 unspecified atom stereocenters. The van der Waals surface area contributed by atoms with Crippen LogP contribution in [0.3, 0.4) is 0 Å². The summed E-state index contributed by atoms with van der Waals surface area (Å²) in [7, 11) is 3.17. The van der Waals surface area contributed by atoms with Gasteiger partial charge in [0.2, 0.25) is 0 Å². The van der Waals surface area contributed by atoms with E-state index in [9.17, 15) is 9.59 Å². The smallest absolute Gasteiger partial charge is 0.339 e. The van der Waals surface area contributed by atoms with Gasteiger partial charge in [0.25, 0.3) is 5.91 Å². The van der Waals surface area contributed by atoms with E-state index in [1.807, 2.05) is 69.3 Å². The lowest BCUT2D eigenvalue weighted by Crippen LogP contribution is -2.40. The largest absolute Gasteiger partial charge is 0.497 e. The number of hydrogen-bond donors (Lipinski definition) is 1. The molecule has 3 aromatic carbocycles. The van der Waals surface area contributed by atoms with Crippen LogP contribution >= 0.6 is 0 Å². The molecule has 2 heterocycles. The normalized spacial score (nSPS) is 11.6. The van der Waals surface area contributed by atoms with E-state index in [4.69, 9.17) is 18.9 Å². The minimum Gasteiger partial charge on any atom is -0.497 e. The van der Waals surface area contributed by atoms with Crippen LogP contribution in [0.5, 0.6) is 11.5 Å². The van der Waals surface area contributed by atoms with Crippen LogP contribution in [0.4, 0.5) is 0 Å². The fourth-order valence-corrected chi connectivity index (χ4v) is 5.06. The van der Waals surface area contributed by atoms with E-state index in [0.29, 0.717) is 28.6 Å². The van der Waals surface area contributed by atoms with E-state index in [1.54, 1.807) is 56.9 Å². The van der Waals surface area contributed by atoms with Gasteiger partial charge in [0.05, 0.1) is 30.8 Å². The molecule has 250 valence electrons. The lowest BCUT2D eigenvalue weighted by molar-refractivity contribution is 0.0475. The van der Waals surface area contributed by atoms with Crippen molar-refractivity contribution in [3.8, 4) is 23.3 Å². The summed E-state index contributed by atoms with van der Waals surface area (Å²) in [5.74, 6) is 6.63. The van der Waals surface area contributed by atoms with Crippen LogP contribution in [0, 0.1) is 11.8 Å². The number of pyridine rings is 2. The Labute approximate surface area is 286 Å². The van der Waals surface area contributed by atoms with Crippen molar-refractivity contribution in [2.75, 3.05) is 20.8 Å². The van der Waals surface area contributed by atoms with Crippen molar-refractivity contribution in [2.24, 2.45) is 0 Å².